The molecule has 1 fully saturated rings. The normalized spacial score (nSPS) is 16.9. The Morgan fingerprint density at radius 3 is 2.54 bits per heavy atom. The number of nitrogens with one attached hydrogen (secondary N) is 1. The Morgan fingerprint density at radius 1 is 1.14 bits per heavy atom. The Balaban J connectivity index is 1.70. The number of phenols is 1. The van der Waals surface area contributed by atoms with Crippen LogP contribution in [0.15, 0.2) is 47.5 Å². The van der Waals surface area contributed by atoms with E-state index in [1.807, 2.05) is 18.2 Å². The Bertz CT molecular complexity index is 805. The number of aromatic hydroxyl groups is 1. The first-order chi connectivity index (χ1) is 13.6. The fraction of sp³-hybridized carbons (Fsp3) is 0.409. The van der Waals surface area contributed by atoms with E-state index < -0.39 is 0 Å². The van der Waals surface area contributed by atoms with E-state index in [-0.39, 0.29) is 5.75 Å². The van der Waals surface area contributed by atoms with Crippen molar-refractivity contribution in [3.8, 4) is 17.2 Å². The minimum Gasteiger partial charge on any atom is -0.508 e. The lowest BCUT2D eigenvalue weighted by molar-refractivity contribution is 0.410. The molecule has 1 unspecified atom stereocenters. The van der Waals surface area contributed by atoms with Gasteiger partial charge in [0.15, 0.2) is 5.96 Å². The molecule has 0 aliphatic carbocycles. The van der Waals surface area contributed by atoms with E-state index in [1.54, 1.807) is 26.4 Å². The molecule has 1 aliphatic rings. The van der Waals surface area contributed by atoms with E-state index in [0.29, 0.717) is 18.2 Å². The lowest BCUT2D eigenvalue weighted by atomic mass is 9.98. The Labute approximate surface area is 166 Å². The number of guanidine groups is 1. The molecule has 0 bridgehead atoms. The van der Waals surface area contributed by atoms with Crippen molar-refractivity contribution in [1.29, 1.82) is 0 Å². The van der Waals surface area contributed by atoms with Crippen molar-refractivity contribution in [2.24, 2.45) is 4.99 Å². The SMILES string of the molecule is CCNC(=NCc1cc(OC)ccc1O)N1CCC(c2ccc(OC)cc2)C1. The van der Waals surface area contributed by atoms with Crippen LogP contribution in [0.3, 0.4) is 0 Å². The molecule has 2 N–H and O–H groups in total. The highest BCUT2D eigenvalue weighted by atomic mass is 16.5. The summed E-state index contributed by atoms with van der Waals surface area (Å²) in [5.41, 5.74) is 2.07. The summed E-state index contributed by atoms with van der Waals surface area (Å²) >= 11 is 0. The van der Waals surface area contributed by atoms with Gasteiger partial charge in [-0.25, -0.2) is 4.99 Å². The van der Waals surface area contributed by atoms with Crippen LogP contribution in [-0.2, 0) is 6.54 Å². The van der Waals surface area contributed by atoms with Gasteiger partial charge in [0.2, 0.25) is 0 Å². The van der Waals surface area contributed by atoms with E-state index in [2.05, 4.69) is 29.3 Å². The summed E-state index contributed by atoms with van der Waals surface area (Å²) in [7, 11) is 3.30. The first-order valence-corrected chi connectivity index (χ1v) is 9.67. The second kappa shape index (κ2) is 9.35. The van der Waals surface area contributed by atoms with Crippen LogP contribution >= 0.6 is 0 Å². The number of hydrogen-bond donors (Lipinski definition) is 2. The molecule has 0 amide bonds. The zero-order chi connectivity index (χ0) is 19.9. The maximum Gasteiger partial charge on any atom is 0.194 e. The first-order valence-electron chi connectivity index (χ1n) is 9.67. The number of methoxy groups -OCH3 is 2. The third-order valence-electron chi connectivity index (χ3n) is 5.10. The van der Waals surface area contributed by atoms with E-state index in [1.165, 1.54) is 5.56 Å². The zero-order valence-corrected chi connectivity index (χ0v) is 16.8. The molecular formula is C22H29N3O3. The molecule has 0 aromatic heterocycles. The molecular weight excluding hydrogens is 354 g/mol. The lowest BCUT2D eigenvalue weighted by Gasteiger charge is -2.22. The third-order valence-corrected chi connectivity index (χ3v) is 5.10. The van der Waals surface area contributed by atoms with Crippen LogP contribution in [0, 0.1) is 0 Å². The molecule has 0 saturated carbocycles. The summed E-state index contributed by atoms with van der Waals surface area (Å²) < 4.78 is 10.5. The number of ether oxygens (including phenoxy) is 2. The highest BCUT2D eigenvalue weighted by Crippen LogP contribution is 2.29. The van der Waals surface area contributed by atoms with E-state index in [9.17, 15) is 5.11 Å². The topological polar surface area (TPSA) is 66.3 Å². The monoisotopic (exact) mass is 383 g/mol. The summed E-state index contributed by atoms with van der Waals surface area (Å²) in [5.74, 6) is 3.18. The molecule has 1 aliphatic heterocycles. The standard InChI is InChI=1S/C22H29N3O3/c1-4-23-22(24-14-18-13-20(28-3)9-10-21(18)26)25-12-11-17(15-25)16-5-7-19(27-2)8-6-16/h5-10,13,17,26H,4,11-12,14-15H2,1-3H3,(H,23,24). The van der Waals surface area contributed by atoms with Crippen molar-refractivity contribution in [2.45, 2.75) is 25.8 Å². The van der Waals surface area contributed by atoms with Gasteiger partial charge in [-0.1, -0.05) is 12.1 Å². The summed E-state index contributed by atoms with van der Waals surface area (Å²) in [6.07, 6.45) is 1.08. The summed E-state index contributed by atoms with van der Waals surface area (Å²) in [6, 6.07) is 13.5. The Morgan fingerprint density at radius 2 is 1.86 bits per heavy atom. The minimum atomic E-state index is 0.234. The number of nitrogens with zero attached hydrogens (tertiary/aromatic N) is 2. The van der Waals surface area contributed by atoms with Gasteiger partial charge in [-0.3, -0.25) is 0 Å². The van der Waals surface area contributed by atoms with E-state index in [4.69, 9.17) is 14.5 Å². The number of likely N-dealkylation sites (tertiary alicyclic amines) is 1. The molecule has 6 heteroatoms. The molecule has 1 heterocycles. The quantitative estimate of drug-likeness (QED) is 0.591. The first kappa shape index (κ1) is 19.9. The van der Waals surface area contributed by atoms with Crippen LogP contribution in [0.5, 0.6) is 17.2 Å². The summed E-state index contributed by atoms with van der Waals surface area (Å²) in [4.78, 5) is 7.04. The van der Waals surface area contributed by atoms with Crippen LogP contribution in [0.4, 0.5) is 0 Å². The highest BCUT2D eigenvalue weighted by Gasteiger charge is 2.26. The molecule has 28 heavy (non-hydrogen) atoms. The predicted octanol–water partition coefficient (Wildman–Crippen LogP) is 3.36. The van der Waals surface area contributed by atoms with Gasteiger partial charge in [-0.15, -0.1) is 0 Å². The van der Waals surface area contributed by atoms with Crippen LogP contribution < -0.4 is 14.8 Å². The Kier molecular flexibility index (Phi) is 6.63. The van der Waals surface area contributed by atoms with Crippen molar-refractivity contribution in [1.82, 2.24) is 10.2 Å². The van der Waals surface area contributed by atoms with Gasteiger partial charge in [0.25, 0.3) is 0 Å². The number of phenolic OH excluding ortho intramolecular Hbond substituents is 1. The fourth-order valence-corrected chi connectivity index (χ4v) is 3.50. The molecule has 150 valence electrons. The number of benzene rings is 2. The zero-order valence-electron chi connectivity index (χ0n) is 16.8. The van der Waals surface area contributed by atoms with Gasteiger partial charge in [-0.2, -0.15) is 0 Å². The lowest BCUT2D eigenvalue weighted by Crippen LogP contribution is -2.40. The highest BCUT2D eigenvalue weighted by molar-refractivity contribution is 5.80. The number of hydrogen-bond acceptors (Lipinski definition) is 4. The van der Waals surface area contributed by atoms with Gasteiger partial charge in [0.1, 0.15) is 17.2 Å². The van der Waals surface area contributed by atoms with Crippen LogP contribution in [0.2, 0.25) is 0 Å². The molecule has 6 nitrogen and oxygen atoms in total. The smallest absolute Gasteiger partial charge is 0.194 e. The van der Waals surface area contributed by atoms with Crippen molar-refractivity contribution < 1.29 is 14.6 Å². The maximum absolute atomic E-state index is 10.1. The van der Waals surface area contributed by atoms with Crippen molar-refractivity contribution in [3.63, 3.8) is 0 Å². The van der Waals surface area contributed by atoms with E-state index >= 15 is 0 Å². The molecule has 1 saturated heterocycles. The number of rotatable bonds is 6. The van der Waals surface area contributed by atoms with Crippen molar-refractivity contribution >= 4 is 5.96 Å². The largest absolute Gasteiger partial charge is 0.508 e. The molecule has 1 atom stereocenters. The second-order valence-electron chi connectivity index (χ2n) is 6.87. The molecule has 3 rings (SSSR count). The minimum absolute atomic E-state index is 0.234. The van der Waals surface area contributed by atoms with Crippen LogP contribution in [0.25, 0.3) is 0 Å². The molecule has 0 radical (unpaired) electrons. The van der Waals surface area contributed by atoms with Gasteiger partial charge in [0.05, 0.1) is 20.8 Å². The molecule has 2 aromatic carbocycles. The maximum atomic E-state index is 10.1. The van der Waals surface area contributed by atoms with Gasteiger partial charge in [-0.05, 0) is 49.2 Å². The van der Waals surface area contributed by atoms with Gasteiger partial charge >= 0.3 is 0 Å². The molecule has 0 spiro atoms. The Hall–Kier alpha value is -2.89. The van der Waals surface area contributed by atoms with Crippen molar-refractivity contribution in [2.75, 3.05) is 33.9 Å². The molecule has 2 aromatic rings. The van der Waals surface area contributed by atoms with Crippen molar-refractivity contribution in [3.05, 3.63) is 53.6 Å². The summed E-state index contributed by atoms with van der Waals surface area (Å²) in [6.45, 7) is 5.13. The van der Waals surface area contributed by atoms with E-state index in [0.717, 1.165) is 43.3 Å². The number of aliphatic imine (C=N–C) groups is 1. The fourth-order valence-electron chi connectivity index (χ4n) is 3.50. The average Bonchev–Trinajstić information content (AvgIpc) is 3.22. The van der Waals surface area contributed by atoms with Crippen LogP contribution in [0.1, 0.15) is 30.4 Å². The second-order valence-corrected chi connectivity index (χ2v) is 6.87. The average molecular weight is 383 g/mol. The summed E-state index contributed by atoms with van der Waals surface area (Å²) in [5, 5.41) is 13.5. The predicted molar refractivity (Wildman–Crippen MR) is 111 cm³/mol. The van der Waals surface area contributed by atoms with Gasteiger partial charge in [0, 0.05) is 31.1 Å². The third kappa shape index (κ3) is 4.68. The van der Waals surface area contributed by atoms with Gasteiger partial charge < -0.3 is 24.8 Å². The van der Waals surface area contributed by atoms with Crippen LogP contribution in [-0.4, -0.2) is 49.8 Å².